The lowest BCUT2D eigenvalue weighted by atomic mass is 10.0. The van der Waals surface area contributed by atoms with Crippen molar-refractivity contribution in [2.45, 2.75) is 353 Å². The molecular weight excluding hydrogens is 851 g/mol. The van der Waals surface area contributed by atoms with Gasteiger partial charge in [0.2, 0.25) is 5.91 Å². The smallest absolute Gasteiger partial charge is 0.305 e. The molecule has 0 bridgehead atoms. The Labute approximate surface area is 431 Å². The third-order valence-corrected chi connectivity index (χ3v) is 14.5. The van der Waals surface area contributed by atoms with Gasteiger partial charge in [0.15, 0.2) is 0 Å². The van der Waals surface area contributed by atoms with Gasteiger partial charge in [0.1, 0.15) is 0 Å². The second-order valence-electron chi connectivity index (χ2n) is 21.4. The molecule has 0 aromatic heterocycles. The summed E-state index contributed by atoms with van der Waals surface area (Å²) in [5.74, 6) is -0.0865. The summed E-state index contributed by atoms with van der Waals surface area (Å²) < 4.78 is 5.48. The van der Waals surface area contributed by atoms with Gasteiger partial charge in [-0.25, -0.2) is 0 Å². The maximum absolute atomic E-state index is 12.5. The van der Waals surface area contributed by atoms with E-state index in [2.05, 4.69) is 43.5 Å². The number of amides is 1. The zero-order chi connectivity index (χ0) is 50.0. The SMILES string of the molecule is CCCCC/C=C\C/C=C\CCCCCCCCCCCC(=O)OCCCCCCCCCCCC(=O)NC(CO)C(O)CCCCCCCCCCCCCCCCCCCCCCCCCC. The summed E-state index contributed by atoms with van der Waals surface area (Å²) in [6.07, 6.45) is 71.8. The van der Waals surface area contributed by atoms with Gasteiger partial charge in [-0.2, -0.15) is 0 Å². The van der Waals surface area contributed by atoms with E-state index in [1.165, 1.54) is 244 Å². The quantitative estimate of drug-likeness (QED) is 0.0321. The van der Waals surface area contributed by atoms with E-state index < -0.39 is 12.1 Å². The number of nitrogens with one attached hydrogen (secondary N) is 1. The number of hydrogen-bond donors (Lipinski definition) is 3. The molecule has 0 aliphatic heterocycles. The highest BCUT2D eigenvalue weighted by Crippen LogP contribution is 2.18. The van der Waals surface area contributed by atoms with Gasteiger partial charge in [-0.3, -0.25) is 9.59 Å². The Morgan fingerprint density at radius 1 is 0.406 bits per heavy atom. The van der Waals surface area contributed by atoms with E-state index in [1.54, 1.807) is 0 Å². The molecule has 1 amide bonds. The van der Waals surface area contributed by atoms with Gasteiger partial charge in [0, 0.05) is 12.8 Å². The van der Waals surface area contributed by atoms with Crippen LogP contribution >= 0.6 is 0 Å². The van der Waals surface area contributed by atoms with Crippen molar-refractivity contribution in [1.29, 1.82) is 0 Å². The largest absolute Gasteiger partial charge is 0.466 e. The number of aliphatic hydroxyl groups excluding tert-OH is 2. The molecule has 69 heavy (non-hydrogen) atoms. The lowest BCUT2D eigenvalue weighted by Crippen LogP contribution is -2.45. The predicted octanol–water partition coefficient (Wildman–Crippen LogP) is 19.4. The highest BCUT2D eigenvalue weighted by molar-refractivity contribution is 5.76. The highest BCUT2D eigenvalue weighted by atomic mass is 16.5. The van der Waals surface area contributed by atoms with E-state index in [0.717, 1.165) is 64.2 Å². The molecular formula is C63H121NO5. The summed E-state index contributed by atoms with van der Waals surface area (Å²) in [5.41, 5.74) is 0. The molecule has 0 spiro atoms. The number of aliphatic hydroxyl groups is 2. The standard InChI is InChI=1S/C63H121NO5/c1-3-5-7-9-11-13-15-17-19-21-23-24-25-26-27-29-30-32-34-36-39-43-47-51-55-61(66)60(59-65)64-62(67)56-52-48-44-40-38-42-46-50-54-58-69-63(68)57-53-49-45-41-37-35-33-31-28-22-20-18-16-14-12-10-8-6-4-2/h12,14,18,20,60-61,65-66H,3-11,13,15-17,19,21-59H2,1-2H3,(H,64,67)/b14-12-,20-18-. The van der Waals surface area contributed by atoms with Crippen LogP contribution in [0.2, 0.25) is 0 Å². The van der Waals surface area contributed by atoms with E-state index in [4.69, 9.17) is 4.74 Å². The number of carbonyl (C=O) groups is 2. The van der Waals surface area contributed by atoms with Crippen molar-refractivity contribution in [1.82, 2.24) is 5.32 Å². The van der Waals surface area contributed by atoms with Crippen molar-refractivity contribution in [2.24, 2.45) is 0 Å². The number of hydrogen-bond acceptors (Lipinski definition) is 5. The van der Waals surface area contributed by atoms with Crippen molar-refractivity contribution >= 4 is 11.9 Å². The van der Waals surface area contributed by atoms with Crippen LogP contribution in [0.15, 0.2) is 24.3 Å². The first-order valence-corrected chi connectivity index (χ1v) is 31.1. The van der Waals surface area contributed by atoms with Crippen LogP contribution in [-0.4, -0.2) is 47.4 Å². The Morgan fingerprint density at radius 3 is 1.13 bits per heavy atom. The lowest BCUT2D eigenvalue weighted by molar-refractivity contribution is -0.143. The molecule has 2 unspecified atom stereocenters. The number of carbonyl (C=O) groups excluding carboxylic acids is 2. The maximum Gasteiger partial charge on any atom is 0.305 e. The molecule has 0 radical (unpaired) electrons. The van der Waals surface area contributed by atoms with Crippen LogP contribution in [0.4, 0.5) is 0 Å². The fourth-order valence-electron chi connectivity index (χ4n) is 9.73. The minimum Gasteiger partial charge on any atom is -0.466 e. The number of unbranched alkanes of at least 4 members (excludes halogenated alkanes) is 43. The minimum absolute atomic E-state index is 0.0274. The van der Waals surface area contributed by atoms with Crippen LogP contribution in [0, 0.1) is 0 Å². The summed E-state index contributed by atoms with van der Waals surface area (Å²) in [7, 11) is 0. The monoisotopic (exact) mass is 972 g/mol. The van der Waals surface area contributed by atoms with Crippen molar-refractivity contribution < 1.29 is 24.5 Å². The second kappa shape index (κ2) is 58.9. The van der Waals surface area contributed by atoms with E-state index in [9.17, 15) is 19.8 Å². The van der Waals surface area contributed by atoms with E-state index in [1.807, 2.05) is 0 Å². The molecule has 0 fully saturated rings. The van der Waals surface area contributed by atoms with Gasteiger partial charge in [-0.1, -0.05) is 295 Å². The number of ether oxygens (including phenoxy) is 1. The average molecular weight is 973 g/mol. The van der Waals surface area contributed by atoms with Crippen molar-refractivity contribution in [3.8, 4) is 0 Å². The van der Waals surface area contributed by atoms with Crippen LogP contribution < -0.4 is 5.32 Å². The number of esters is 1. The van der Waals surface area contributed by atoms with Crippen molar-refractivity contribution in [3.63, 3.8) is 0 Å². The molecule has 0 aromatic rings. The van der Waals surface area contributed by atoms with E-state index in [0.29, 0.717) is 25.9 Å². The molecule has 0 aromatic carbocycles. The minimum atomic E-state index is -0.684. The Balaban J connectivity index is 3.46. The average Bonchev–Trinajstić information content (AvgIpc) is 3.35. The van der Waals surface area contributed by atoms with E-state index >= 15 is 0 Å². The Morgan fingerprint density at radius 2 is 0.725 bits per heavy atom. The Bertz CT molecular complexity index is 1080. The van der Waals surface area contributed by atoms with Crippen LogP contribution in [-0.2, 0) is 14.3 Å². The molecule has 408 valence electrons. The summed E-state index contributed by atoms with van der Waals surface area (Å²) in [6, 6.07) is -0.563. The number of allylic oxidation sites excluding steroid dienone is 4. The maximum atomic E-state index is 12.5. The normalized spacial score (nSPS) is 12.7. The number of rotatable bonds is 58. The van der Waals surface area contributed by atoms with Gasteiger partial charge in [0.25, 0.3) is 0 Å². The van der Waals surface area contributed by atoms with Gasteiger partial charge in [0.05, 0.1) is 25.4 Å². The first kappa shape index (κ1) is 67.3. The zero-order valence-corrected chi connectivity index (χ0v) is 46.6. The first-order chi connectivity index (χ1) is 34.0. The molecule has 0 heterocycles. The molecule has 3 N–H and O–H groups in total. The van der Waals surface area contributed by atoms with Gasteiger partial charge in [-0.05, 0) is 57.8 Å². The van der Waals surface area contributed by atoms with Gasteiger partial charge >= 0.3 is 5.97 Å². The second-order valence-corrected chi connectivity index (χ2v) is 21.4. The molecule has 6 nitrogen and oxygen atoms in total. The Kier molecular flexibility index (Phi) is 57.5. The summed E-state index contributed by atoms with van der Waals surface area (Å²) in [5, 5.41) is 23.4. The molecule has 2 atom stereocenters. The highest BCUT2D eigenvalue weighted by Gasteiger charge is 2.20. The summed E-state index contributed by atoms with van der Waals surface area (Å²) in [6.45, 7) is 4.89. The van der Waals surface area contributed by atoms with Gasteiger partial charge in [-0.15, -0.1) is 0 Å². The molecule has 0 saturated carbocycles. The topological polar surface area (TPSA) is 95.9 Å². The van der Waals surface area contributed by atoms with Gasteiger partial charge < -0.3 is 20.3 Å². The third kappa shape index (κ3) is 55.5. The fourth-order valence-corrected chi connectivity index (χ4v) is 9.73. The summed E-state index contributed by atoms with van der Waals surface area (Å²) in [4.78, 5) is 24.6. The summed E-state index contributed by atoms with van der Waals surface area (Å²) >= 11 is 0. The molecule has 0 rings (SSSR count). The van der Waals surface area contributed by atoms with Crippen LogP contribution in [0.5, 0.6) is 0 Å². The zero-order valence-electron chi connectivity index (χ0n) is 46.6. The lowest BCUT2D eigenvalue weighted by Gasteiger charge is -2.22. The van der Waals surface area contributed by atoms with Crippen LogP contribution in [0.1, 0.15) is 341 Å². The van der Waals surface area contributed by atoms with E-state index in [-0.39, 0.29) is 18.5 Å². The molecule has 6 heteroatoms. The van der Waals surface area contributed by atoms with Crippen molar-refractivity contribution in [2.75, 3.05) is 13.2 Å². The fraction of sp³-hybridized carbons (Fsp3) is 0.905. The predicted molar refractivity (Wildman–Crippen MR) is 301 cm³/mol. The molecule has 0 saturated heterocycles. The van der Waals surface area contributed by atoms with Crippen molar-refractivity contribution in [3.05, 3.63) is 24.3 Å². The molecule has 0 aliphatic rings. The first-order valence-electron chi connectivity index (χ1n) is 31.1. The van der Waals surface area contributed by atoms with Crippen LogP contribution in [0.25, 0.3) is 0 Å². The third-order valence-electron chi connectivity index (χ3n) is 14.5. The van der Waals surface area contributed by atoms with Crippen LogP contribution in [0.3, 0.4) is 0 Å². The molecule has 0 aliphatic carbocycles. The Hall–Kier alpha value is -1.66.